The van der Waals surface area contributed by atoms with Gasteiger partial charge in [-0.15, -0.1) is 0 Å². The molecule has 15 heavy (non-hydrogen) atoms. The van der Waals surface area contributed by atoms with Crippen molar-refractivity contribution in [1.82, 2.24) is 4.98 Å². The van der Waals surface area contributed by atoms with Crippen molar-refractivity contribution in [3.8, 4) is 5.75 Å². The highest BCUT2D eigenvalue weighted by Crippen LogP contribution is 2.15. The van der Waals surface area contributed by atoms with Gasteiger partial charge in [0, 0.05) is 16.4 Å². The number of pyridine rings is 1. The van der Waals surface area contributed by atoms with Crippen molar-refractivity contribution in [1.29, 1.82) is 0 Å². The molecule has 0 aliphatic carbocycles. The summed E-state index contributed by atoms with van der Waals surface area (Å²) < 4.78 is 28.4. The fraction of sp³-hybridized carbons (Fsp3) is 0.444. The third kappa shape index (κ3) is 4.61. The Labute approximate surface area is 97.7 Å². The number of hydrogen-bond donors (Lipinski definition) is 0. The maximum atomic E-state index is 11.2. The first-order chi connectivity index (χ1) is 7.03. The van der Waals surface area contributed by atoms with Crippen molar-refractivity contribution in [2.24, 2.45) is 0 Å². The number of rotatable bonds is 5. The monoisotopic (exact) mass is 293 g/mol. The van der Waals surface area contributed by atoms with E-state index in [1.165, 1.54) is 0 Å². The van der Waals surface area contributed by atoms with Crippen LogP contribution in [0.25, 0.3) is 0 Å². The summed E-state index contributed by atoms with van der Waals surface area (Å²) in [5.41, 5.74) is 0. The molecule has 84 valence electrons. The van der Waals surface area contributed by atoms with E-state index in [4.69, 9.17) is 4.74 Å². The van der Waals surface area contributed by atoms with Crippen LogP contribution in [0.5, 0.6) is 5.75 Å². The van der Waals surface area contributed by atoms with E-state index in [0.717, 1.165) is 4.47 Å². The van der Waals surface area contributed by atoms with Crippen LogP contribution in [0.2, 0.25) is 0 Å². The summed E-state index contributed by atoms with van der Waals surface area (Å²) in [5.74, 6) is 0.749. The Morgan fingerprint density at radius 1 is 1.47 bits per heavy atom. The highest BCUT2D eigenvalue weighted by Gasteiger charge is 2.07. The van der Waals surface area contributed by atoms with Crippen LogP contribution >= 0.6 is 15.9 Å². The van der Waals surface area contributed by atoms with E-state index < -0.39 is 9.84 Å². The van der Waals surface area contributed by atoms with Gasteiger partial charge >= 0.3 is 0 Å². The first-order valence-corrected chi connectivity index (χ1v) is 7.09. The zero-order valence-corrected chi connectivity index (χ0v) is 10.7. The number of aromatic nitrogens is 1. The molecule has 0 saturated carbocycles. The first kappa shape index (κ1) is 12.4. The van der Waals surface area contributed by atoms with Gasteiger partial charge in [0.25, 0.3) is 0 Å². The Hall–Kier alpha value is -0.620. The van der Waals surface area contributed by atoms with Crippen molar-refractivity contribution < 1.29 is 13.2 Å². The van der Waals surface area contributed by atoms with E-state index in [1.54, 1.807) is 25.4 Å². The smallest absolute Gasteiger partial charge is 0.153 e. The van der Waals surface area contributed by atoms with Gasteiger partial charge in [-0.05, 0) is 22.0 Å². The molecule has 0 aliphatic heterocycles. The van der Waals surface area contributed by atoms with Gasteiger partial charge in [0.05, 0.1) is 11.9 Å². The van der Waals surface area contributed by atoms with Gasteiger partial charge in [-0.25, -0.2) is 8.42 Å². The number of sulfone groups is 1. The molecule has 0 bridgehead atoms. The molecule has 0 radical (unpaired) electrons. The fourth-order valence-corrected chi connectivity index (χ4v) is 1.87. The number of nitrogens with zero attached hydrogens (tertiary/aromatic N) is 1. The number of ether oxygens (including phenoxy) is 1. The van der Waals surface area contributed by atoms with Crippen LogP contribution in [0.4, 0.5) is 0 Å². The quantitative estimate of drug-likeness (QED) is 0.828. The van der Waals surface area contributed by atoms with Gasteiger partial charge in [0.15, 0.2) is 9.84 Å². The molecular weight excluding hydrogens is 282 g/mol. The summed E-state index contributed by atoms with van der Waals surface area (Å²) in [6, 6.07) is 1.74. The Bertz CT molecular complexity index is 419. The van der Waals surface area contributed by atoms with Crippen LogP contribution < -0.4 is 4.74 Å². The molecule has 0 amide bonds. The summed E-state index contributed by atoms with van der Waals surface area (Å²) in [5, 5.41) is 0. The molecule has 0 aliphatic rings. The average molecular weight is 294 g/mol. The molecule has 1 aromatic rings. The van der Waals surface area contributed by atoms with Crippen molar-refractivity contribution in [2.75, 3.05) is 18.1 Å². The second-order valence-corrected chi connectivity index (χ2v) is 6.31. The van der Waals surface area contributed by atoms with E-state index in [2.05, 4.69) is 20.9 Å². The third-order valence-electron chi connectivity index (χ3n) is 1.78. The first-order valence-electron chi connectivity index (χ1n) is 4.47. The topological polar surface area (TPSA) is 56.3 Å². The summed E-state index contributed by atoms with van der Waals surface area (Å²) in [6.45, 7) is 1.78. The maximum Gasteiger partial charge on any atom is 0.153 e. The average Bonchev–Trinajstić information content (AvgIpc) is 2.18. The highest BCUT2D eigenvalue weighted by molar-refractivity contribution is 9.10. The Kier molecular flexibility index (Phi) is 4.53. The largest absolute Gasteiger partial charge is 0.491 e. The molecule has 0 aromatic carbocycles. The predicted octanol–water partition coefficient (Wildman–Crippen LogP) is 1.66. The lowest BCUT2D eigenvalue weighted by atomic mass is 10.5. The molecule has 0 N–H and O–H groups in total. The SMILES string of the molecule is CCS(=O)(=O)CCOc1cncc(Br)c1. The third-order valence-corrected chi connectivity index (χ3v) is 3.88. The lowest BCUT2D eigenvalue weighted by Gasteiger charge is -2.05. The zero-order chi connectivity index (χ0) is 11.3. The van der Waals surface area contributed by atoms with E-state index >= 15 is 0 Å². The normalized spacial score (nSPS) is 11.3. The Morgan fingerprint density at radius 2 is 2.20 bits per heavy atom. The van der Waals surface area contributed by atoms with Crippen LogP contribution in [0, 0.1) is 0 Å². The molecular formula is C9H12BrNO3S. The van der Waals surface area contributed by atoms with Gasteiger partial charge in [-0.3, -0.25) is 4.98 Å². The second kappa shape index (κ2) is 5.46. The molecule has 0 spiro atoms. The van der Waals surface area contributed by atoms with Gasteiger partial charge in [-0.2, -0.15) is 0 Å². The van der Waals surface area contributed by atoms with E-state index in [1.807, 2.05) is 0 Å². The predicted molar refractivity (Wildman–Crippen MR) is 61.8 cm³/mol. The van der Waals surface area contributed by atoms with Gasteiger partial charge in [0.1, 0.15) is 12.4 Å². The van der Waals surface area contributed by atoms with E-state index in [-0.39, 0.29) is 18.1 Å². The molecule has 1 rings (SSSR count). The molecule has 6 heteroatoms. The minimum Gasteiger partial charge on any atom is -0.491 e. The summed E-state index contributed by atoms with van der Waals surface area (Å²) in [4.78, 5) is 3.90. The minimum absolute atomic E-state index is 0.0377. The lowest BCUT2D eigenvalue weighted by Crippen LogP contribution is -2.15. The molecule has 0 unspecified atom stereocenters. The highest BCUT2D eigenvalue weighted by atomic mass is 79.9. The standard InChI is InChI=1S/C9H12BrNO3S/c1-2-15(12,13)4-3-14-9-5-8(10)6-11-7-9/h5-7H,2-4H2,1H3. The van der Waals surface area contributed by atoms with Crippen molar-refractivity contribution in [3.05, 3.63) is 22.9 Å². The van der Waals surface area contributed by atoms with Crippen LogP contribution in [-0.2, 0) is 9.84 Å². The van der Waals surface area contributed by atoms with Gasteiger partial charge in [-0.1, -0.05) is 6.92 Å². The van der Waals surface area contributed by atoms with Gasteiger partial charge < -0.3 is 4.74 Å². The van der Waals surface area contributed by atoms with Crippen LogP contribution in [0.15, 0.2) is 22.9 Å². The van der Waals surface area contributed by atoms with Crippen molar-refractivity contribution in [2.45, 2.75) is 6.92 Å². The summed E-state index contributed by atoms with van der Waals surface area (Å²) in [6.07, 6.45) is 3.18. The van der Waals surface area contributed by atoms with Crippen LogP contribution in [-0.4, -0.2) is 31.5 Å². The van der Waals surface area contributed by atoms with E-state index in [0.29, 0.717) is 5.75 Å². The molecule has 1 heterocycles. The lowest BCUT2D eigenvalue weighted by molar-refractivity contribution is 0.339. The maximum absolute atomic E-state index is 11.2. The Morgan fingerprint density at radius 3 is 2.80 bits per heavy atom. The minimum atomic E-state index is -2.96. The fourth-order valence-electron chi connectivity index (χ4n) is 0.902. The molecule has 0 atom stereocenters. The van der Waals surface area contributed by atoms with Crippen molar-refractivity contribution >= 4 is 25.8 Å². The molecule has 0 fully saturated rings. The van der Waals surface area contributed by atoms with Crippen LogP contribution in [0.3, 0.4) is 0 Å². The molecule has 1 aromatic heterocycles. The number of halogens is 1. The Balaban J connectivity index is 2.45. The zero-order valence-electron chi connectivity index (χ0n) is 8.31. The van der Waals surface area contributed by atoms with E-state index in [9.17, 15) is 8.42 Å². The second-order valence-electron chi connectivity index (χ2n) is 2.92. The molecule has 4 nitrogen and oxygen atoms in total. The summed E-state index contributed by atoms with van der Waals surface area (Å²) in [7, 11) is -2.96. The number of hydrogen-bond acceptors (Lipinski definition) is 4. The molecule has 0 saturated heterocycles. The summed E-state index contributed by atoms with van der Waals surface area (Å²) >= 11 is 3.25. The van der Waals surface area contributed by atoms with Crippen molar-refractivity contribution in [3.63, 3.8) is 0 Å². The van der Waals surface area contributed by atoms with Gasteiger partial charge in [0.2, 0.25) is 0 Å². The van der Waals surface area contributed by atoms with Crippen LogP contribution in [0.1, 0.15) is 6.92 Å².